The van der Waals surface area contributed by atoms with E-state index in [1.807, 2.05) is 0 Å². The molecule has 0 aliphatic heterocycles. The second-order valence-electron chi connectivity index (χ2n) is 2.12. The minimum Gasteiger partial charge on any atom is -0.469 e. The molecule has 0 unspecified atom stereocenters. The van der Waals surface area contributed by atoms with Crippen molar-refractivity contribution >= 4 is 27.4 Å². The van der Waals surface area contributed by atoms with Crippen LogP contribution in [-0.2, 0) is 16.0 Å². The third kappa shape index (κ3) is 1.85. The number of nitrogens with zero attached hydrogens (tertiary/aromatic N) is 1. The third-order valence-electron chi connectivity index (χ3n) is 1.28. The number of hydrogen-bond acceptors (Lipinski definition) is 6. The van der Waals surface area contributed by atoms with E-state index >= 15 is 0 Å². The quantitative estimate of drug-likeness (QED) is 0.637. The molecule has 0 aliphatic carbocycles. The first-order valence-electron chi connectivity index (χ1n) is 3.21. The Kier molecular flexibility index (Phi) is 2.49. The number of carbonyl (C=O) groups excluding carboxylic acids is 1. The Balaban J connectivity index is 2.75. The van der Waals surface area contributed by atoms with Crippen LogP contribution < -0.4 is 11.5 Å². The molecule has 1 aromatic rings. The van der Waals surface area contributed by atoms with Crippen molar-refractivity contribution in [2.45, 2.75) is 6.42 Å². The molecular formula is C6H9N3O2S. The van der Waals surface area contributed by atoms with Crippen LogP contribution >= 0.6 is 11.3 Å². The fourth-order valence-corrected chi connectivity index (χ4v) is 1.33. The van der Waals surface area contributed by atoms with Gasteiger partial charge in [-0.2, -0.15) is 0 Å². The molecule has 1 aromatic heterocycles. The summed E-state index contributed by atoms with van der Waals surface area (Å²) in [6.07, 6.45) is 0.0794. The summed E-state index contributed by atoms with van der Waals surface area (Å²) in [6, 6.07) is 0. The Bertz CT molecular complexity index is 297. The van der Waals surface area contributed by atoms with Gasteiger partial charge >= 0.3 is 5.97 Å². The first-order valence-corrected chi connectivity index (χ1v) is 4.02. The number of esters is 1. The van der Waals surface area contributed by atoms with Crippen molar-refractivity contribution in [1.82, 2.24) is 4.98 Å². The Hall–Kier alpha value is -1.30. The van der Waals surface area contributed by atoms with Gasteiger partial charge in [-0.25, -0.2) is 4.98 Å². The Morgan fingerprint density at radius 1 is 1.67 bits per heavy atom. The van der Waals surface area contributed by atoms with Gasteiger partial charge in [-0.05, 0) is 0 Å². The predicted molar refractivity (Wildman–Crippen MR) is 46.7 cm³/mol. The van der Waals surface area contributed by atoms with E-state index in [1.54, 1.807) is 0 Å². The lowest BCUT2D eigenvalue weighted by molar-refractivity contribution is -0.139. The van der Waals surface area contributed by atoms with E-state index in [2.05, 4.69) is 9.72 Å². The van der Waals surface area contributed by atoms with E-state index in [-0.39, 0.29) is 12.4 Å². The van der Waals surface area contributed by atoms with Gasteiger partial charge in [0.25, 0.3) is 0 Å². The first-order chi connectivity index (χ1) is 5.63. The zero-order valence-corrected chi connectivity index (χ0v) is 7.35. The van der Waals surface area contributed by atoms with E-state index in [1.165, 1.54) is 7.11 Å². The number of ether oxygens (including phenoxy) is 1. The molecule has 0 fully saturated rings. The highest BCUT2D eigenvalue weighted by atomic mass is 32.1. The van der Waals surface area contributed by atoms with Gasteiger partial charge in [0.1, 0.15) is 5.00 Å². The molecule has 0 aromatic carbocycles. The first kappa shape index (κ1) is 8.79. The van der Waals surface area contributed by atoms with Gasteiger partial charge in [0, 0.05) is 0 Å². The number of hydrogen-bond donors (Lipinski definition) is 2. The van der Waals surface area contributed by atoms with Crippen LogP contribution in [0, 0.1) is 0 Å². The van der Waals surface area contributed by atoms with Gasteiger partial charge in [0.05, 0.1) is 19.2 Å². The van der Waals surface area contributed by atoms with Crippen molar-refractivity contribution in [3.8, 4) is 0 Å². The fraction of sp³-hybridized carbons (Fsp3) is 0.333. The second kappa shape index (κ2) is 3.40. The summed E-state index contributed by atoms with van der Waals surface area (Å²) in [7, 11) is 1.31. The van der Waals surface area contributed by atoms with Crippen molar-refractivity contribution in [1.29, 1.82) is 0 Å². The van der Waals surface area contributed by atoms with Crippen LogP contribution in [-0.4, -0.2) is 18.1 Å². The third-order valence-corrected chi connectivity index (χ3v) is 2.04. The number of rotatable bonds is 2. The minimum absolute atomic E-state index is 0.0794. The summed E-state index contributed by atoms with van der Waals surface area (Å²) in [5.74, 6) is -0.369. The largest absolute Gasteiger partial charge is 0.469 e. The van der Waals surface area contributed by atoms with Crippen LogP contribution in [0.25, 0.3) is 0 Å². The highest BCUT2D eigenvalue weighted by Gasteiger charge is 2.10. The normalized spacial score (nSPS) is 9.75. The zero-order chi connectivity index (χ0) is 9.14. The van der Waals surface area contributed by atoms with Crippen LogP contribution in [0.5, 0.6) is 0 Å². The molecule has 1 heterocycles. The van der Waals surface area contributed by atoms with Crippen LogP contribution in [0.2, 0.25) is 0 Å². The predicted octanol–water partition coefficient (Wildman–Crippen LogP) is 0.0230. The van der Waals surface area contributed by atoms with Crippen LogP contribution in [0.1, 0.15) is 5.69 Å². The van der Waals surface area contributed by atoms with E-state index in [0.717, 1.165) is 11.3 Å². The molecule has 0 radical (unpaired) electrons. The maximum Gasteiger partial charge on any atom is 0.311 e. The number of nitrogens with two attached hydrogens (primary N) is 2. The van der Waals surface area contributed by atoms with Crippen LogP contribution in [0.4, 0.5) is 10.1 Å². The molecular weight excluding hydrogens is 178 g/mol. The average molecular weight is 187 g/mol. The van der Waals surface area contributed by atoms with Gasteiger partial charge in [-0.3, -0.25) is 4.79 Å². The number of methoxy groups -OCH3 is 1. The maximum absolute atomic E-state index is 10.8. The summed E-state index contributed by atoms with van der Waals surface area (Å²) in [5.41, 5.74) is 11.4. The number of aromatic nitrogens is 1. The summed E-state index contributed by atoms with van der Waals surface area (Å²) in [5, 5.41) is 0.837. The molecule has 6 heteroatoms. The number of thiazole rings is 1. The molecule has 4 N–H and O–H groups in total. The monoisotopic (exact) mass is 187 g/mol. The second-order valence-corrected chi connectivity index (χ2v) is 3.18. The topological polar surface area (TPSA) is 91.2 Å². The average Bonchev–Trinajstić information content (AvgIpc) is 2.30. The molecule has 0 saturated carbocycles. The molecule has 0 spiro atoms. The lowest BCUT2D eigenvalue weighted by Crippen LogP contribution is -2.06. The minimum atomic E-state index is -0.369. The standard InChI is InChI=1S/C6H9N3O2S/c1-11-4(10)2-3-5(7)12-6(8)9-3/h2,7H2,1H3,(H2,8,9). The molecule has 0 amide bonds. The van der Waals surface area contributed by atoms with Gasteiger partial charge in [-0.15, -0.1) is 0 Å². The van der Waals surface area contributed by atoms with Crippen molar-refractivity contribution in [3.63, 3.8) is 0 Å². The van der Waals surface area contributed by atoms with Crippen molar-refractivity contribution in [2.75, 3.05) is 18.6 Å². The summed E-state index contributed by atoms with van der Waals surface area (Å²) < 4.78 is 4.45. The van der Waals surface area contributed by atoms with Crippen LogP contribution in [0.3, 0.4) is 0 Å². The Labute approximate surface area is 73.3 Å². The highest BCUT2D eigenvalue weighted by Crippen LogP contribution is 2.22. The molecule has 0 bridgehead atoms. The molecule has 66 valence electrons. The fourth-order valence-electron chi connectivity index (χ4n) is 0.718. The maximum atomic E-state index is 10.8. The lowest BCUT2D eigenvalue weighted by atomic mass is 10.3. The SMILES string of the molecule is COC(=O)Cc1nc(N)sc1N. The molecule has 1 rings (SSSR count). The lowest BCUT2D eigenvalue weighted by Gasteiger charge is -1.95. The Morgan fingerprint density at radius 2 is 2.33 bits per heavy atom. The van der Waals surface area contributed by atoms with E-state index in [0.29, 0.717) is 15.8 Å². The van der Waals surface area contributed by atoms with E-state index in [4.69, 9.17) is 11.5 Å². The molecule has 12 heavy (non-hydrogen) atoms. The number of nitrogen functional groups attached to an aromatic ring is 2. The molecule has 0 atom stereocenters. The smallest absolute Gasteiger partial charge is 0.311 e. The van der Waals surface area contributed by atoms with E-state index < -0.39 is 0 Å². The van der Waals surface area contributed by atoms with Crippen LogP contribution in [0.15, 0.2) is 0 Å². The highest BCUT2D eigenvalue weighted by molar-refractivity contribution is 7.19. The van der Waals surface area contributed by atoms with Gasteiger partial charge in [-0.1, -0.05) is 11.3 Å². The number of anilines is 2. The van der Waals surface area contributed by atoms with Crippen molar-refractivity contribution < 1.29 is 9.53 Å². The van der Waals surface area contributed by atoms with Crippen molar-refractivity contribution in [2.24, 2.45) is 0 Å². The van der Waals surface area contributed by atoms with E-state index in [9.17, 15) is 4.79 Å². The molecule has 5 nitrogen and oxygen atoms in total. The Morgan fingerprint density at radius 3 is 2.75 bits per heavy atom. The molecule has 0 saturated heterocycles. The van der Waals surface area contributed by atoms with Gasteiger partial charge < -0.3 is 16.2 Å². The van der Waals surface area contributed by atoms with Gasteiger partial charge in [0.15, 0.2) is 5.13 Å². The number of carbonyl (C=O) groups is 1. The molecule has 0 aliphatic rings. The van der Waals surface area contributed by atoms with Crippen molar-refractivity contribution in [3.05, 3.63) is 5.69 Å². The summed E-state index contributed by atoms with van der Waals surface area (Å²) >= 11 is 1.16. The summed E-state index contributed by atoms with van der Waals surface area (Å²) in [4.78, 5) is 14.7. The summed E-state index contributed by atoms with van der Waals surface area (Å²) in [6.45, 7) is 0. The zero-order valence-electron chi connectivity index (χ0n) is 6.53. The van der Waals surface area contributed by atoms with Gasteiger partial charge in [0.2, 0.25) is 0 Å².